The van der Waals surface area contributed by atoms with Gasteiger partial charge in [0.15, 0.2) is 6.10 Å². The smallest absolute Gasteiger partial charge is 0.339 e. The molecule has 0 spiro atoms. The van der Waals surface area contributed by atoms with Crippen molar-refractivity contribution in [2.75, 3.05) is 9.96 Å². The van der Waals surface area contributed by atoms with Gasteiger partial charge in [-0.2, -0.15) is 8.42 Å². The van der Waals surface area contributed by atoms with Crippen LogP contribution in [0, 0.1) is 12.8 Å². The van der Waals surface area contributed by atoms with Gasteiger partial charge in [-0.3, -0.25) is 14.4 Å². The maximum atomic E-state index is 14.0. The predicted molar refractivity (Wildman–Crippen MR) is 149 cm³/mol. The highest BCUT2D eigenvalue weighted by Crippen LogP contribution is 2.50. The molecule has 2 heterocycles. The molecule has 0 aromatic heterocycles. The molecule has 0 saturated carbocycles. The van der Waals surface area contributed by atoms with Gasteiger partial charge in [-0.1, -0.05) is 72.3 Å². The number of rotatable bonds is 6. The topological polar surface area (TPSA) is 93.2 Å². The van der Waals surface area contributed by atoms with E-state index >= 15 is 0 Å². The van der Waals surface area contributed by atoms with Crippen LogP contribution < -0.4 is 14.1 Å². The highest BCUT2D eigenvalue weighted by atomic mass is 35.5. The Morgan fingerprint density at radius 2 is 1.45 bits per heavy atom. The maximum absolute atomic E-state index is 14.0. The molecule has 0 unspecified atom stereocenters. The second kappa shape index (κ2) is 10.1. The first-order chi connectivity index (χ1) is 19.3. The fourth-order valence-electron chi connectivity index (χ4n) is 5.16. The van der Waals surface area contributed by atoms with Gasteiger partial charge < -0.3 is 4.18 Å². The van der Waals surface area contributed by atoms with Gasteiger partial charge in [0, 0.05) is 10.6 Å². The summed E-state index contributed by atoms with van der Waals surface area (Å²) in [5.74, 6) is -1.97. The summed E-state index contributed by atoms with van der Waals surface area (Å²) in [6, 6.07) is 27.5. The van der Waals surface area contributed by atoms with E-state index in [1.54, 1.807) is 85.8 Å². The first-order valence-electron chi connectivity index (χ1n) is 12.5. The second-order valence-electron chi connectivity index (χ2n) is 9.44. The molecule has 0 aliphatic carbocycles. The van der Waals surface area contributed by atoms with E-state index < -0.39 is 40.0 Å². The first-order valence-corrected chi connectivity index (χ1v) is 14.3. The summed E-state index contributed by atoms with van der Waals surface area (Å²) in [5.41, 5.74) is 1.93. The van der Waals surface area contributed by atoms with Crippen molar-refractivity contribution in [2.45, 2.75) is 24.0 Å². The highest BCUT2D eigenvalue weighted by molar-refractivity contribution is 7.87. The number of benzene rings is 4. The minimum absolute atomic E-state index is 0.0139. The number of hydroxylamine groups is 1. The number of para-hydroxylation sites is 2. The number of hydrogen-bond acceptors (Lipinski definition) is 7. The first kappa shape index (κ1) is 26.1. The van der Waals surface area contributed by atoms with Gasteiger partial charge in [0.05, 0.1) is 17.4 Å². The summed E-state index contributed by atoms with van der Waals surface area (Å²) in [6.45, 7) is 1.73. The van der Waals surface area contributed by atoms with Gasteiger partial charge in [0.2, 0.25) is 5.91 Å². The number of anilines is 2. The maximum Gasteiger partial charge on any atom is 0.339 e. The van der Waals surface area contributed by atoms with Gasteiger partial charge in [0.1, 0.15) is 16.6 Å². The van der Waals surface area contributed by atoms with Gasteiger partial charge in [0.25, 0.3) is 5.91 Å². The third-order valence-corrected chi connectivity index (χ3v) is 8.73. The number of nitrogens with zero attached hydrogens (tertiary/aromatic N) is 2. The second-order valence-corrected chi connectivity index (χ2v) is 11.4. The van der Waals surface area contributed by atoms with E-state index in [1.165, 1.54) is 23.3 Å². The van der Waals surface area contributed by atoms with E-state index in [9.17, 15) is 18.0 Å². The molecule has 40 heavy (non-hydrogen) atoms. The Morgan fingerprint density at radius 3 is 2.17 bits per heavy atom. The highest BCUT2D eigenvalue weighted by Gasteiger charge is 2.61. The van der Waals surface area contributed by atoms with Crippen molar-refractivity contribution in [3.05, 3.63) is 119 Å². The normalized spacial score (nSPS) is 20.6. The number of halogens is 1. The average Bonchev–Trinajstić information content (AvgIpc) is 3.47. The lowest BCUT2D eigenvalue weighted by Gasteiger charge is -2.30. The number of carbonyl (C=O) groups is 2. The largest absolute Gasteiger partial charge is 0.379 e. The number of hydrogen-bond donors (Lipinski definition) is 0. The lowest BCUT2D eigenvalue weighted by Crippen LogP contribution is -2.38. The fourth-order valence-corrected chi connectivity index (χ4v) is 6.30. The molecule has 2 saturated heterocycles. The Morgan fingerprint density at radius 1 is 0.800 bits per heavy atom. The SMILES string of the molecule is Cc1c(Cl)cccc1N1C(=O)[C@H]2[C@H](ON(c3ccccc3)[C@@H]2c2ccccc2OS(=O)(=O)c2ccccc2)C1=O. The average molecular weight is 575 g/mol. The van der Waals surface area contributed by atoms with E-state index in [2.05, 4.69) is 0 Å². The minimum Gasteiger partial charge on any atom is -0.379 e. The third kappa shape index (κ3) is 4.32. The lowest BCUT2D eigenvalue weighted by atomic mass is 9.90. The van der Waals surface area contributed by atoms with Crippen LogP contribution >= 0.6 is 11.6 Å². The van der Waals surface area contributed by atoms with Gasteiger partial charge in [-0.15, -0.1) is 0 Å². The Kier molecular flexibility index (Phi) is 6.58. The fraction of sp³-hybridized carbons (Fsp3) is 0.133. The van der Waals surface area contributed by atoms with E-state index in [0.717, 1.165) is 4.90 Å². The van der Waals surface area contributed by atoms with Crippen LogP contribution in [0.4, 0.5) is 11.4 Å². The number of carbonyl (C=O) groups excluding carboxylic acids is 2. The summed E-state index contributed by atoms with van der Waals surface area (Å²) in [6.07, 6.45) is -1.14. The van der Waals surface area contributed by atoms with Crippen LogP contribution in [0.15, 0.2) is 108 Å². The van der Waals surface area contributed by atoms with Crippen molar-refractivity contribution in [1.82, 2.24) is 0 Å². The van der Waals surface area contributed by atoms with Gasteiger partial charge in [-0.05, 0) is 55.0 Å². The molecule has 0 bridgehead atoms. The quantitative estimate of drug-likeness (QED) is 0.223. The molecule has 202 valence electrons. The van der Waals surface area contributed by atoms with E-state index in [0.29, 0.717) is 27.5 Å². The lowest BCUT2D eigenvalue weighted by molar-refractivity contribution is -0.126. The molecule has 10 heteroatoms. The van der Waals surface area contributed by atoms with Crippen molar-refractivity contribution >= 4 is 44.9 Å². The molecule has 0 N–H and O–H groups in total. The van der Waals surface area contributed by atoms with Crippen LogP contribution in [-0.2, 0) is 24.5 Å². The summed E-state index contributed by atoms with van der Waals surface area (Å²) >= 11 is 6.31. The van der Waals surface area contributed by atoms with E-state index in [-0.39, 0.29) is 10.6 Å². The van der Waals surface area contributed by atoms with Gasteiger partial charge >= 0.3 is 10.1 Å². The van der Waals surface area contributed by atoms with Crippen LogP contribution in [0.2, 0.25) is 5.02 Å². The predicted octanol–water partition coefficient (Wildman–Crippen LogP) is 5.47. The zero-order valence-electron chi connectivity index (χ0n) is 21.2. The monoisotopic (exact) mass is 574 g/mol. The molecule has 2 aliphatic heterocycles. The number of imide groups is 1. The summed E-state index contributed by atoms with van der Waals surface area (Å²) in [4.78, 5) is 35.0. The summed E-state index contributed by atoms with van der Waals surface area (Å²) in [7, 11) is -4.19. The Balaban J connectivity index is 1.46. The number of amides is 2. The van der Waals surface area contributed by atoms with Crippen LogP contribution in [0.3, 0.4) is 0 Å². The van der Waals surface area contributed by atoms with E-state index in [1.807, 2.05) is 6.07 Å². The molecule has 4 aromatic rings. The molecule has 0 radical (unpaired) electrons. The van der Waals surface area contributed by atoms with Crippen molar-refractivity contribution in [3.63, 3.8) is 0 Å². The zero-order valence-corrected chi connectivity index (χ0v) is 22.7. The Hall–Kier alpha value is -4.18. The van der Waals surface area contributed by atoms with E-state index in [4.69, 9.17) is 20.6 Å². The van der Waals surface area contributed by atoms with Crippen LogP contribution in [0.5, 0.6) is 5.75 Å². The Labute approximate surface area is 236 Å². The van der Waals surface area contributed by atoms with Crippen LogP contribution in [-0.4, -0.2) is 26.3 Å². The Bertz CT molecular complexity index is 1710. The molecule has 2 fully saturated rings. The van der Waals surface area contributed by atoms with Crippen molar-refractivity contribution in [3.8, 4) is 5.75 Å². The molecule has 2 aliphatic rings. The van der Waals surface area contributed by atoms with Crippen LogP contribution in [0.1, 0.15) is 17.2 Å². The van der Waals surface area contributed by atoms with Crippen molar-refractivity contribution in [2.24, 2.45) is 5.92 Å². The number of fused-ring (bicyclic) bond motifs is 1. The molecule has 4 aromatic carbocycles. The summed E-state index contributed by atoms with van der Waals surface area (Å²) < 4.78 is 32.0. The van der Waals surface area contributed by atoms with Gasteiger partial charge in [-0.25, -0.2) is 9.96 Å². The molecule has 2 amide bonds. The van der Waals surface area contributed by atoms with Crippen molar-refractivity contribution in [1.29, 1.82) is 0 Å². The summed E-state index contributed by atoms with van der Waals surface area (Å²) in [5, 5.41) is 1.91. The standard InChI is InChI=1S/C30H23ClN2O6S/c1-19-23(31)16-10-17-24(19)32-29(34)26-27(33(38-28(26)30(32)35)20-11-4-2-5-12-20)22-15-8-9-18-25(22)39-40(36,37)21-13-6-3-7-14-21/h2-18,26-28H,1H3/t26-,27-,28+/m1/s1. The molecule has 6 rings (SSSR count). The zero-order chi connectivity index (χ0) is 28.0. The van der Waals surface area contributed by atoms with Crippen LogP contribution in [0.25, 0.3) is 0 Å². The minimum atomic E-state index is -4.19. The molecular formula is C30H23ClN2O6S. The third-order valence-electron chi connectivity index (χ3n) is 7.08. The molecule has 3 atom stereocenters. The van der Waals surface area contributed by atoms with Crippen molar-refractivity contribution < 1.29 is 27.0 Å². The molecular weight excluding hydrogens is 552 g/mol. The molecule has 8 nitrogen and oxygen atoms in total.